The molecule has 0 radical (unpaired) electrons. The van der Waals surface area contributed by atoms with Crippen molar-refractivity contribution in [1.82, 2.24) is 24.5 Å². The van der Waals surface area contributed by atoms with Crippen LogP contribution < -0.4 is 0 Å². The minimum Gasteiger partial charge on any atom is -0.265 e. The van der Waals surface area contributed by atoms with Gasteiger partial charge in [0.15, 0.2) is 0 Å². The van der Waals surface area contributed by atoms with Crippen LogP contribution in [0.2, 0.25) is 0 Å². The SMILES string of the molecule is CCc1c2cc(Br)ccc2nn1[C@H](C)[C@@H](Cn1cncn1)c1ccc(F)cc1F. The molecule has 0 aliphatic carbocycles. The molecule has 2 heterocycles. The molecule has 0 bridgehead atoms. The highest BCUT2D eigenvalue weighted by Gasteiger charge is 2.28. The molecule has 0 saturated heterocycles. The van der Waals surface area contributed by atoms with Crippen LogP contribution in [0.25, 0.3) is 10.9 Å². The fourth-order valence-electron chi connectivity index (χ4n) is 3.83. The predicted octanol–water partition coefficient (Wildman–Crippen LogP) is 5.28. The topological polar surface area (TPSA) is 48.5 Å². The lowest BCUT2D eigenvalue weighted by Gasteiger charge is -2.26. The third kappa shape index (κ3) is 3.81. The Kier molecular flexibility index (Phi) is 5.45. The first-order valence-corrected chi connectivity index (χ1v) is 10.2. The Morgan fingerprint density at radius 3 is 2.66 bits per heavy atom. The zero-order valence-corrected chi connectivity index (χ0v) is 17.6. The van der Waals surface area contributed by atoms with Gasteiger partial charge in [-0.25, -0.2) is 13.8 Å². The average Bonchev–Trinajstić information content (AvgIpc) is 3.33. The molecule has 0 unspecified atom stereocenters. The van der Waals surface area contributed by atoms with Gasteiger partial charge in [0.2, 0.25) is 0 Å². The largest absolute Gasteiger partial charge is 0.265 e. The van der Waals surface area contributed by atoms with Crippen molar-refractivity contribution in [3.8, 4) is 0 Å². The molecule has 0 spiro atoms. The van der Waals surface area contributed by atoms with E-state index in [9.17, 15) is 8.78 Å². The molecule has 29 heavy (non-hydrogen) atoms. The molecule has 8 heteroatoms. The van der Waals surface area contributed by atoms with Crippen molar-refractivity contribution in [2.24, 2.45) is 0 Å². The maximum atomic E-state index is 14.7. The normalized spacial score (nSPS) is 13.7. The van der Waals surface area contributed by atoms with Crippen molar-refractivity contribution in [3.05, 3.63) is 76.4 Å². The average molecular weight is 460 g/mol. The molecule has 2 aromatic heterocycles. The van der Waals surface area contributed by atoms with Crippen molar-refractivity contribution in [2.75, 3.05) is 0 Å². The first-order valence-electron chi connectivity index (χ1n) is 9.42. The first-order chi connectivity index (χ1) is 14.0. The summed E-state index contributed by atoms with van der Waals surface area (Å²) in [5.41, 5.74) is 2.38. The second-order valence-electron chi connectivity index (χ2n) is 7.04. The van der Waals surface area contributed by atoms with Gasteiger partial charge in [-0.1, -0.05) is 28.9 Å². The molecule has 150 valence electrons. The Bertz CT molecular complexity index is 1140. The van der Waals surface area contributed by atoms with E-state index in [1.807, 2.05) is 23.7 Å². The van der Waals surface area contributed by atoms with Crippen LogP contribution in [0.15, 0.2) is 53.5 Å². The number of hydrogen-bond acceptors (Lipinski definition) is 3. The Morgan fingerprint density at radius 1 is 1.14 bits per heavy atom. The van der Waals surface area contributed by atoms with Gasteiger partial charge in [0.05, 0.1) is 18.1 Å². The molecular weight excluding hydrogens is 440 g/mol. The summed E-state index contributed by atoms with van der Waals surface area (Å²) in [6.07, 6.45) is 3.82. The summed E-state index contributed by atoms with van der Waals surface area (Å²) in [4.78, 5) is 3.99. The summed E-state index contributed by atoms with van der Waals surface area (Å²) < 4.78 is 32.8. The lowest BCUT2D eigenvalue weighted by atomic mass is 9.91. The van der Waals surface area contributed by atoms with Crippen molar-refractivity contribution >= 4 is 26.8 Å². The molecule has 0 N–H and O–H groups in total. The lowest BCUT2D eigenvalue weighted by Crippen LogP contribution is -2.23. The van der Waals surface area contributed by atoms with Crippen LogP contribution in [0.1, 0.15) is 37.1 Å². The highest BCUT2D eigenvalue weighted by molar-refractivity contribution is 9.10. The van der Waals surface area contributed by atoms with E-state index in [4.69, 9.17) is 5.10 Å². The van der Waals surface area contributed by atoms with E-state index in [0.29, 0.717) is 12.1 Å². The summed E-state index contributed by atoms with van der Waals surface area (Å²) in [6.45, 7) is 4.47. The number of aryl methyl sites for hydroxylation is 1. The minimum atomic E-state index is -0.595. The van der Waals surface area contributed by atoms with Crippen molar-refractivity contribution in [3.63, 3.8) is 0 Å². The summed E-state index contributed by atoms with van der Waals surface area (Å²) in [6, 6.07) is 9.50. The van der Waals surface area contributed by atoms with Gasteiger partial charge in [0, 0.05) is 27.5 Å². The van der Waals surface area contributed by atoms with Crippen molar-refractivity contribution < 1.29 is 8.78 Å². The van der Waals surface area contributed by atoms with Gasteiger partial charge in [-0.15, -0.1) is 0 Å². The zero-order chi connectivity index (χ0) is 20.5. The van der Waals surface area contributed by atoms with Crippen LogP contribution in [-0.2, 0) is 13.0 Å². The van der Waals surface area contributed by atoms with Crippen LogP contribution in [-0.4, -0.2) is 24.5 Å². The maximum Gasteiger partial charge on any atom is 0.137 e. The number of aromatic nitrogens is 5. The third-order valence-electron chi connectivity index (χ3n) is 5.28. The van der Waals surface area contributed by atoms with E-state index in [1.54, 1.807) is 11.0 Å². The second kappa shape index (κ2) is 8.02. The molecule has 4 aromatic rings. The highest BCUT2D eigenvalue weighted by atomic mass is 79.9. The molecule has 2 atom stereocenters. The van der Waals surface area contributed by atoms with Crippen molar-refractivity contribution in [1.29, 1.82) is 0 Å². The van der Waals surface area contributed by atoms with Gasteiger partial charge in [0.25, 0.3) is 0 Å². The van der Waals surface area contributed by atoms with E-state index in [0.717, 1.165) is 33.6 Å². The number of nitrogens with zero attached hydrogens (tertiary/aromatic N) is 5. The smallest absolute Gasteiger partial charge is 0.137 e. The van der Waals surface area contributed by atoms with Crippen LogP contribution in [0, 0.1) is 11.6 Å². The summed E-state index contributed by atoms with van der Waals surface area (Å²) >= 11 is 3.52. The van der Waals surface area contributed by atoms with Crippen LogP contribution in [0.4, 0.5) is 8.78 Å². The standard InChI is InChI=1S/C21H20BrF2N5/c1-3-21-17-8-14(22)4-7-20(17)27-29(21)13(2)18(10-28-12-25-11-26-28)16-6-5-15(23)9-19(16)24/h4-9,11-13,18H,3,10H2,1-2H3/t13-,18-/m1/s1. The van der Waals surface area contributed by atoms with E-state index in [2.05, 4.69) is 39.0 Å². The van der Waals surface area contributed by atoms with Gasteiger partial charge >= 0.3 is 0 Å². The number of hydrogen-bond donors (Lipinski definition) is 0. The summed E-state index contributed by atoms with van der Waals surface area (Å²) in [5.74, 6) is -1.48. The minimum absolute atomic E-state index is 0.194. The van der Waals surface area contributed by atoms with E-state index < -0.39 is 11.6 Å². The Hall–Kier alpha value is -2.61. The maximum absolute atomic E-state index is 14.7. The monoisotopic (exact) mass is 459 g/mol. The number of fused-ring (bicyclic) bond motifs is 1. The number of halogens is 3. The molecule has 0 aliphatic heterocycles. The van der Waals surface area contributed by atoms with Gasteiger partial charge < -0.3 is 0 Å². The number of rotatable bonds is 6. The number of benzene rings is 2. The summed E-state index contributed by atoms with van der Waals surface area (Å²) in [5, 5.41) is 10.0. The quantitative estimate of drug-likeness (QED) is 0.394. The molecule has 2 aromatic carbocycles. The Balaban J connectivity index is 1.83. The summed E-state index contributed by atoms with van der Waals surface area (Å²) in [7, 11) is 0. The van der Waals surface area contributed by atoms with E-state index >= 15 is 0 Å². The molecule has 0 fully saturated rings. The van der Waals surface area contributed by atoms with Crippen LogP contribution in [0.3, 0.4) is 0 Å². The second-order valence-corrected chi connectivity index (χ2v) is 7.95. The molecule has 5 nitrogen and oxygen atoms in total. The predicted molar refractivity (Wildman–Crippen MR) is 111 cm³/mol. The Labute approximate surface area is 175 Å². The third-order valence-corrected chi connectivity index (χ3v) is 5.77. The molecular formula is C21H20BrF2N5. The van der Waals surface area contributed by atoms with Crippen LogP contribution >= 0.6 is 15.9 Å². The fraction of sp³-hybridized carbons (Fsp3) is 0.286. The first kappa shape index (κ1) is 19.7. The molecule has 0 saturated carbocycles. The van der Waals surface area contributed by atoms with Gasteiger partial charge in [-0.2, -0.15) is 10.2 Å². The van der Waals surface area contributed by atoms with Gasteiger partial charge in [0.1, 0.15) is 24.3 Å². The highest BCUT2D eigenvalue weighted by Crippen LogP contribution is 2.35. The van der Waals surface area contributed by atoms with E-state index in [1.165, 1.54) is 18.5 Å². The molecule has 0 amide bonds. The Morgan fingerprint density at radius 2 is 1.97 bits per heavy atom. The fourth-order valence-corrected chi connectivity index (χ4v) is 4.19. The van der Waals surface area contributed by atoms with Gasteiger partial charge in [-0.05, 0) is 43.2 Å². The van der Waals surface area contributed by atoms with Crippen LogP contribution in [0.5, 0.6) is 0 Å². The van der Waals surface area contributed by atoms with Crippen molar-refractivity contribution in [2.45, 2.75) is 38.8 Å². The zero-order valence-electron chi connectivity index (χ0n) is 16.1. The molecule has 0 aliphatic rings. The van der Waals surface area contributed by atoms with Gasteiger partial charge in [-0.3, -0.25) is 9.36 Å². The van der Waals surface area contributed by atoms with E-state index in [-0.39, 0.29) is 12.0 Å². The lowest BCUT2D eigenvalue weighted by molar-refractivity contribution is 0.345. The molecule has 4 rings (SSSR count).